The van der Waals surface area contributed by atoms with Crippen molar-refractivity contribution >= 4 is 0 Å². The van der Waals surface area contributed by atoms with Gasteiger partial charge in [0.05, 0.1) is 0 Å². The summed E-state index contributed by atoms with van der Waals surface area (Å²) in [5.41, 5.74) is 0. The Morgan fingerprint density at radius 2 is 1.50 bits per heavy atom. The fraction of sp³-hybridized carbons (Fsp3) is 1.00. The molecule has 0 atom stereocenters. The van der Waals surface area contributed by atoms with Gasteiger partial charge in [0, 0.05) is 0 Å². The molecule has 0 aromatic rings. The smallest absolute Gasteiger partial charge is 0.211 e. The van der Waals surface area contributed by atoms with Gasteiger partial charge in [-0.05, 0) is 6.92 Å². The van der Waals surface area contributed by atoms with Gasteiger partial charge in [0.15, 0.2) is 0 Å². The standard InChI is InChI=1S/C2H4F2/c1-2(3)4/h2H,1H3. The molecule has 0 N–H and O–H groups in total. The van der Waals surface area contributed by atoms with E-state index in [0.29, 0.717) is 0 Å². The second-order valence-electron chi connectivity index (χ2n) is 0.519. The van der Waals surface area contributed by atoms with E-state index < -0.39 is 6.43 Å². The molecule has 0 aliphatic carbocycles. The van der Waals surface area contributed by atoms with E-state index in [1.807, 2.05) is 0 Å². The topological polar surface area (TPSA) is 0 Å². The highest BCUT2D eigenvalue weighted by Gasteiger charge is 1.79. The van der Waals surface area contributed by atoms with Crippen LogP contribution in [0.1, 0.15) is 6.92 Å². The molecule has 2 heteroatoms. The first-order chi connectivity index (χ1) is 1.73. The quantitative estimate of drug-likeness (QED) is 0.399. The highest BCUT2D eigenvalue weighted by Crippen LogP contribution is 1.82. The van der Waals surface area contributed by atoms with Crippen molar-refractivity contribution in [3.05, 3.63) is 0 Å². The van der Waals surface area contributed by atoms with Crippen LogP contribution in [0.4, 0.5) is 8.78 Å². The van der Waals surface area contributed by atoms with Gasteiger partial charge >= 0.3 is 0 Å². The highest BCUT2D eigenvalue weighted by atomic mass is 19.3. The fourth-order valence-corrected chi connectivity index (χ4v) is 0. The highest BCUT2D eigenvalue weighted by molar-refractivity contribution is 4.06. The molecule has 0 radical (unpaired) electrons. The summed E-state index contributed by atoms with van der Waals surface area (Å²) in [6, 6.07) is 0. The van der Waals surface area contributed by atoms with Gasteiger partial charge in [-0.2, -0.15) is 0 Å². The predicted octanol–water partition coefficient (Wildman–Crippen LogP) is 1.27. The van der Waals surface area contributed by atoms with Crippen LogP contribution in [-0.2, 0) is 0 Å². The van der Waals surface area contributed by atoms with Gasteiger partial charge in [-0.1, -0.05) is 0 Å². The number of rotatable bonds is 0. The summed E-state index contributed by atoms with van der Waals surface area (Å²) in [5.74, 6) is 0. The Morgan fingerprint density at radius 3 is 1.50 bits per heavy atom. The lowest BCUT2D eigenvalue weighted by Crippen LogP contribution is -1.69. The van der Waals surface area contributed by atoms with Gasteiger partial charge < -0.3 is 0 Å². The van der Waals surface area contributed by atoms with Gasteiger partial charge in [-0.25, -0.2) is 8.78 Å². The number of alkyl halides is 2. The molecule has 0 unspecified atom stereocenters. The number of hydrogen-bond acceptors (Lipinski definition) is 0. The normalized spacial score (nSPS) is 9.00. The van der Waals surface area contributed by atoms with E-state index in [2.05, 4.69) is 0 Å². The third-order valence-electron chi connectivity index (χ3n) is 0. The Kier molecular flexibility index (Phi) is 1.17. The molecule has 0 saturated heterocycles. The van der Waals surface area contributed by atoms with E-state index in [9.17, 15) is 8.78 Å². The van der Waals surface area contributed by atoms with Crippen LogP contribution in [0.2, 0.25) is 0 Å². The Labute approximate surface area is 23.4 Å². The monoisotopic (exact) mass is 66.0 g/mol. The second-order valence-corrected chi connectivity index (χ2v) is 0.519. The molecule has 4 heavy (non-hydrogen) atoms. The maximum Gasteiger partial charge on any atom is 0.235 e. The summed E-state index contributed by atoms with van der Waals surface area (Å²) in [6.45, 7) is 0.833. The van der Waals surface area contributed by atoms with Crippen molar-refractivity contribution in [2.45, 2.75) is 13.3 Å². The molecule has 0 saturated carbocycles. The van der Waals surface area contributed by atoms with Crippen LogP contribution in [0.5, 0.6) is 0 Å². The summed E-state index contributed by atoms with van der Waals surface area (Å²) in [6.07, 6.45) is -2.17. The third-order valence-corrected chi connectivity index (χ3v) is 0. The van der Waals surface area contributed by atoms with Crippen molar-refractivity contribution in [1.82, 2.24) is 0 Å². The van der Waals surface area contributed by atoms with Crippen molar-refractivity contribution in [1.29, 1.82) is 0 Å². The van der Waals surface area contributed by atoms with Crippen LogP contribution in [-0.4, -0.2) is 6.43 Å². The lowest BCUT2D eigenvalue weighted by atomic mass is 10.9. The zero-order valence-electron chi connectivity index (χ0n) is 2.33. The van der Waals surface area contributed by atoms with Crippen molar-refractivity contribution in [2.75, 3.05) is 0 Å². The van der Waals surface area contributed by atoms with E-state index >= 15 is 0 Å². The van der Waals surface area contributed by atoms with Crippen LogP contribution < -0.4 is 0 Å². The zero-order valence-corrected chi connectivity index (χ0v) is 2.33. The maximum absolute atomic E-state index is 10.3. The summed E-state index contributed by atoms with van der Waals surface area (Å²) < 4.78 is 20.7. The molecule has 0 nitrogen and oxygen atoms in total. The second kappa shape index (κ2) is 1.21. The van der Waals surface area contributed by atoms with E-state index in [0.717, 1.165) is 6.92 Å². The molecular weight excluding hydrogens is 62.0 g/mol. The van der Waals surface area contributed by atoms with E-state index in [-0.39, 0.29) is 0 Å². The Bertz CT molecular complexity index is 8.75. The number of hydrogen-bond donors (Lipinski definition) is 0. The van der Waals surface area contributed by atoms with E-state index in [4.69, 9.17) is 0 Å². The van der Waals surface area contributed by atoms with Crippen LogP contribution in [0.25, 0.3) is 0 Å². The summed E-state index contributed by atoms with van der Waals surface area (Å²) in [7, 11) is 0. The third kappa shape index (κ3) is 70.2. The Morgan fingerprint density at radius 1 is 1.50 bits per heavy atom. The maximum atomic E-state index is 10.3. The minimum atomic E-state index is -2.17. The fourth-order valence-electron chi connectivity index (χ4n) is 0. The average molecular weight is 66.0 g/mol. The molecule has 0 spiro atoms. The largest absolute Gasteiger partial charge is 0.235 e. The molecule has 26 valence electrons. The van der Waals surface area contributed by atoms with Crippen LogP contribution in [0, 0.1) is 0 Å². The van der Waals surface area contributed by atoms with Crippen LogP contribution in [0.3, 0.4) is 0 Å². The molecule has 0 aliphatic rings. The molecule has 0 heterocycles. The van der Waals surface area contributed by atoms with Gasteiger partial charge in [-0.3, -0.25) is 0 Å². The van der Waals surface area contributed by atoms with E-state index in [1.54, 1.807) is 0 Å². The lowest BCUT2D eigenvalue weighted by molar-refractivity contribution is 0.171. The molecule has 0 fully saturated rings. The summed E-state index contributed by atoms with van der Waals surface area (Å²) in [5, 5.41) is 0. The first kappa shape index (κ1) is 3.86. The summed E-state index contributed by atoms with van der Waals surface area (Å²) >= 11 is 0. The number of halogens is 2. The molecule has 0 amide bonds. The predicted molar refractivity (Wildman–Crippen MR) is 11.7 cm³/mol. The zero-order chi connectivity index (χ0) is 3.58. The van der Waals surface area contributed by atoms with Crippen molar-refractivity contribution in [3.8, 4) is 0 Å². The van der Waals surface area contributed by atoms with Crippen molar-refractivity contribution in [2.24, 2.45) is 0 Å². The molecule has 0 aliphatic heterocycles. The van der Waals surface area contributed by atoms with Gasteiger partial charge in [0.1, 0.15) is 0 Å². The van der Waals surface area contributed by atoms with Gasteiger partial charge in [-0.15, -0.1) is 0 Å². The van der Waals surface area contributed by atoms with Gasteiger partial charge in [0.2, 0.25) is 6.43 Å². The first-order valence-electron chi connectivity index (χ1n) is 1.01. The van der Waals surface area contributed by atoms with E-state index in [1.165, 1.54) is 0 Å². The Balaban J connectivity index is 2.32. The lowest BCUT2D eigenvalue weighted by Gasteiger charge is -1.70. The molecule has 0 aromatic carbocycles. The molecular formula is C2H4F2. The minimum Gasteiger partial charge on any atom is -0.211 e. The van der Waals surface area contributed by atoms with Crippen LogP contribution >= 0.6 is 0 Å². The summed E-state index contributed by atoms with van der Waals surface area (Å²) in [4.78, 5) is 0. The van der Waals surface area contributed by atoms with Crippen molar-refractivity contribution in [3.63, 3.8) is 0 Å². The molecule has 0 rings (SSSR count). The molecule has 0 aromatic heterocycles. The first-order valence-corrected chi connectivity index (χ1v) is 1.01. The van der Waals surface area contributed by atoms with Crippen LogP contribution in [0.15, 0.2) is 0 Å². The average Bonchev–Trinajstić information content (AvgIpc) is 0.811. The minimum absolute atomic E-state index is 0.833. The molecule has 0 bridgehead atoms. The Hall–Kier alpha value is -0.140. The van der Waals surface area contributed by atoms with Gasteiger partial charge in [0.25, 0.3) is 0 Å². The SMILES string of the molecule is CC(F)F. The van der Waals surface area contributed by atoms with Crippen molar-refractivity contribution < 1.29 is 8.78 Å².